The molecule has 0 aromatic heterocycles. The third-order valence-electron chi connectivity index (χ3n) is 4.38. The molecule has 0 aliphatic heterocycles. The number of hydrogen-bond donors (Lipinski definition) is 0. The van der Waals surface area contributed by atoms with Crippen molar-refractivity contribution in [1.29, 1.82) is 0 Å². The number of benzene rings is 3. The Balaban J connectivity index is 1.74. The summed E-state index contributed by atoms with van der Waals surface area (Å²) in [4.78, 5) is 12.4. The molecule has 6 heteroatoms. The molecule has 0 amide bonds. The van der Waals surface area contributed by atoms with E-state index in [4.69, 9.17) is 37.4 Å². The number of carbonyl (C=O) groups excluding carboxylic acids is 1. The first-order valence-corrected chi connectivity index (χ1v) is 9.87. The summed E-state index contributed by atoms with van der Waals surface area (Å²) in [5.74, 6) is 1.81. The predicted molar refractivity (Wildman–Crippen MR) is 120 cm³/mol. The fourth-order valence-electron chi connectivity index (χ4n) is 2.79. The molecule has 0 atom stereocenters. The first kappa shape index (κ1) is 21.8. The standard InChI is InChI=1S/C24H20Cl2O4/c1-28-20-8-5-17(6-9-20)22(27)10-3-16-4-11-23(29-2)18(13-16)15-30-24-12-7-19(25)14-21(24)26/h3-14H,15H2,1-2H3/b10-3+. The highest BCUT2D eigenvalue weighted by atomic mass is 35.5. The summed E-state index contributed by atoms with van der Waals surface area (Å²) in [6.45, 7) is 0.249. The average Bonchev–Trinajstić information content (AvgIpc) is 2.77. The Kier molecular flexibility index (Phi) is 7.39. The van der Waals surface area contributed by atoms with E-state index in [9.17, 15) is 4.79 Å². The molecule has 154 valence electrons. The van der Waals surface area contributed by atoms with E-state index in [1.54, 1.807) is 62.8 Å². The van der Waals surface area contributed by atoms with Gasteiger partial charge in [0.2, 0.25) is 0 Å². The molecule has 0 spiro atoms. The number of methoxy groups -OCH3 is 2. The zero-order valence-electron chi connectivity index (χ0n) is 16.5. The number of hydrogen-bond acceptors (Lipinski definition) is 4. The van der Waals surface area contributed by atoms with Crippen LogP contribution in [0.25, 0.3) is 6.08 Å². The third kappa shape index (κ3) is 5.56. The average molecular weight is 443 g/mol. The molecule has 30 heavy (non-hydrogen) atoms. The van der Waals surface area contributed by atoms with Crippen molar-refractivity contribution in [3.63, 3.8) is 0 Å². The molecule has 0 fully saturated rings. The monoisotopic (exact) mass is 442 g/mol. The lowest BCUT2D eigenvalue weighted by molar-refractivity contribution is 0.104. The zero-order valence-corrected chi connectivity index (χ0v) is 18.0. The molecule has 0 aliphatic carbocycles. The molecule has 0 bridgehead atoms. The van der Waals surface area contributed by atoms with Gasteiger partial charge in [0.25, 0.3) is 0 Å². The van der Waals surface area contributed by atoms with Crippen LogP contribution < -0.4 is 14.2 Å². The maximum Gasteiger partial charge on any atom is 0.185 e. The molecule has 0 radical (unpaired) electrons. The van der Waals surface area contributed by atoms with E-state index in [0.717, 1.165) is 11.1 Å². The first-order valence-electron chi connectivity index (χ1n) is 9.11. The topological polar surface area (TPSA) is 44.8 Å². The molecule has 0 aliphatic rings. The summed E-state index contributed by atoms with van der Waals surface area (Å²) in [6.07, 6.45) is 3.29. The molecule has 0 saturated heterocycles. The van der Waals surface area contributed by atoms with Crippen LogP contribution in [0.3, 0.4) is 0 Å². The largest absolute Gasteiger partial charge is 0.497 e. The minimum Gasteiger partial charge on any atom is -0.497 e. The lowest BCUT2D eigenvalue weighted by atomic mass is 10.1. The molecule has 0 saturated carbocycles. The van der Waals surface area contributed by atoms with Crippen molar-refractivity contribution in [3.05, 3.63) is 93.5 Å². The van der Waals surface area contributed by atoms with Crippen LogP contribution in [0.2, 0.25) is 10.0 Å². The number of carbonyl (C=O) groups is 1. The van der Waals surface area contributed by atoms with Crippen molar-refractivity contribution in [3.8, 4) is 17.2 Å². The van der Waals surface area contributed by atoms with Crippen LogP contribution in [0.15, 0.2) is 66.7 Å². The van der Waals surface area contributed by atoms with Crippen molar-refractivity contribution in [2.45, 2.75) is 6.61 Å². The number of ether oxygens (including phenoxy) is 3. The normalized spacial score (nSPS) is 10.8. The van der Waals surface area contributed by atoms with Gasteiger partial charge in [0, 0.05) is 16.1 Å². The molecule has 4 nitrogen and oxygen atoms in total. The lowest BCUT2D eigenvalue weighted by Crippen LogP contribution is -2.00. The summed E-state index contributed by atoms with van der Waals surface area (Å²) in [6, 6.07) is 17.6. The second-order valence-corrected chi connectivity index (χ2v) is 7.20. The zero-order chi connectivity index (χ0) is 21.5. The highest BCUT2D eigenvalue weighted by Gasteiger charge is 2.08. The molecular weight excluding hydrogens is 423 g/mol. The van der Waals surface area contributed by atoms with E-state index < -0.39 is 0 Å². The molecule has 0 N–H and O–H groups in total. The van der Waals surface area contributed by atoms with Gasteiger partial charge in [-0.3, -0.25) is 4.79 Å². The third-order valence-corrected chi connectivity index (χ3v) is 4.91. The van der Waals surface area contributed by atoms with Gasteiger partial charge >= 0.3 is 0 Å². The Morgan fingerprint density at radius 1 is 0.900 bits per heavy atom. The van der Waals surface area contributed by atoms with E-state index >= 15 is 0 Å². The Bertz CT molecular complexity index is 1060. The molecule has 0 heterocycles. The summed E-state index contributed by atoms with van der Waals surface area (Å²) in [5, 5.41) is 0.973. The fourth-order valence-corrected chi connectivity index (χ4v) is 3.25. The van der Waals surface area contributed by atoms with Crippen LogP contribution in [0, 0.1) is 0 Å². The van der Waals surface area contributed by atoms with Crippen LogP contribution in [0.5, 0.6) is 17.2 Å². The molecule has 3 aromatic rings. The van der Waals surface area contributed by atoms with Crippen LogP contribution in [0.1, 0.15) is 21.5 Å². The van der Waals surface area contributed by atoms with E-state index in [1.165, 1.54) is 6.08 Å². The van der Waals surface area contributed by atoms with E-state index in [0.29, 0.717) is 32.9 Å². The quantitative estimate of drug-likeness (QED) is 0.295. The predicted octanol–water partition coefficient (Wildman–Crippen LogP) is 6.49. The van der Waals surface area contributed by atoms with Crippen molar-refractivity contribution < 1.29 is 19.0 Å². The number of rotatable bonds is 8. The highest BCUT2D eigenvalue weighted by molar-refractivity contribution is 6.35. The van der Waals surface area contributed by atoms with Crippen LogP contribution >= 0.6 is 23.2 Å². The first-order chi connectivity index (χ1) is 14.5. The van der Waals surface area contributed by atoms with E-state index in [-0.39, 0.29) is 12.4 Å². The number of halogens is 2. The SMILES string of the molecule is COc1ccc(C(=O)/C=C/c2ccc(OC)c(COc3ccc(Cl)cc3Cl)c2)cc1. The Morgan fingerprint density at radius 2 is 1.63 bits per heavy atom. The van der Waals surface area contributed by atoms with E-state index in [1.807, 2.05) is 18.2 Å². The summed E-state index contributed by atoms with van der Waals surface area (Å²) < 4.78 is 16.3. The second-order valence-electron chi connectivity index (χ2n) is 6.36. The maximum atomic E-state index is 12.4. The Labute approximate surface area is 185 Å². The van der Waals surface area contributed by atoms with Crippen molar-refractivity contribution >= 4 is 35.1 Å². The Morgan fingerprint density at radius 3 is 2.30 bits per heavy atom. The van der Waals surface area contributed by atoms with Gasteiger partial charge < -0.3 is 14.2 Å². The molecule has 0 unspecified atom stereocenters. The number of ketones is 1. The van der Waals surface area contributed by atoms with Gasteiger partial charge in [-0.05, 0) is 66.2 Å². The van der Waals surface area contributed by atoms with Gasteiger partial charge in [-0.1, -0.05) is 35.3 Å². The van der Waals surface area contributed by atoms with Gasteiger partial charge in [0.15, 0.2) is 5.78 Å². The number of allylic oxidation sites excluding steroid dienone is 1. The minimum atomic E-state index is -0.0979. The van der Waals surface area contributed by atoms with Gasteiger partial charge in [-0.2, -0.15) is 0 Å². The van der Waals surface area contributed by atoms with Crippen LogP contribution in [-0.2, 0) is 6.61 Å². The van der Waals surface area contributed by atoms with Gasteiger partial charge in [0.05, 0.1) is 19.2 Å². The maximum absolute atomic E-state index is 12.4. The molecule has 3 rings (SSSR count). The molecule has 3 aromatic carbocycles. The van der Waals surface area contributed by atoms with Crippen LogP contribution in [0.4, 0.5) is 0 Å². The summed E-state index contributed by atoms with van der Waals surface area (Å²) >= 11 is 12.1. The van der Waals surface area contributed by atoms with Crippen molar-refractivity contribution in [1.82, 2.24) is 0 Å². The van der Waals surface area contributed by atoms with Crippen molar-refractivity contribution in [2.75, 3.05) is 14.2 Å². The van der Waals surface area contributed by atoms with Crippen LogP contribution in [-0.4, -0.2) is 20.0 Å². The van der Waals surface area contributed by atoms with Crippen molar-refractivity contribution in [2.24, 2.45) is 0 Å². The lowest BCUT2D eigenvalue weighted by Gasteiger charge is -2.12. The summed E-state index contributed by atoms with van der Waals surface area (Å²) in [5.41, 5.74) is 2.25. The second kappa shape index (κ2) is 10.2. The fraction of sp³-hybridized carbons (Fsp3) is 0.125. The van der Waals surface area contributed by atoms with Gasteiger partial charge in [0.1, 0.15) is 23.9 Å². The van der Waals surface area contributed by atoms with E-state index in [2.05, 4.69) is 0 Å². The minimum absolute atomic E-state index is 0.0979. The highest BCUT2D eigenvalue weighted by Crippen LogP contribution is 2.29. The van der Waals surface area contributed by atoms with Gasteiger partial charge in [-0.25, -0.2) is 0 Å². The van der Waals surface area contributed by atoms with Gasteiger partial charge in [-0.15, -0.1) is 0 Å². The summed E-state index contributed by atoms with van der Waals surface area (Å²) in [7, 11) is 3.18. The molecular formula is C24H20Cl2O4. The smallest absolute Gasteiger partial charge is 0.185 e. The Hall–Kier alpha value is -2.95.